The minimum atomic E-state index is -0.707. The molecule has 0 saturated carbocycles. The second-order valence-electron chi connectivity index (χ2n) is 8.69. The molecule has 0 radical (unpaired) electrons. The van der Waals surface area contributed by atoms with E-state index in [1.54, 1.807) is 16.7 Å². The highest BCUT2D eigenvalue weighted by molar-refractivity contribution is 7.98. The molecule has 1 aromatic rings. The molecule has 7 nitrogen and oxygen atoms in total. The number of hydrogen-bond donors (Lipinski definition) is 2. The molecule has 2 N–H and O–H groups in total. The monoisotopic (exact) mass is 461 g/mol. The highest BCUT2D eigenvalue weighted by Gasteiger charge is 2.44. The zero-order valence-electron chi connectivity index (χ0n) is 19.6. The SMILES string of the molecule is CSCC[C@H](NC(C)=O)C(=O)N[C@H]1CC(C)N([C@@H](Cc2ccccc2)C(=O)C(C)C)C1=O. The Kier molecular flexibility index (Phi) is 9.75. The molecule has 2 rings (SSSR count). The predicted molar refractivity (Wildman–Crippen MR) is 127 cm³/mol. The third-order valence-corrected chi connectivity index (χ3v) is 6.37. The summed E-state index contributed by atoms with van der Waals surface area (Å²) in [5.41, 5.74) is 0.988. The quantitative estimate of drug-likeness (QED) is 0.527. The summed E-state index contributed by atoms with van der Waals surface area (Å²) in [6, 6.07) is 7.50. The number of benzene rings is 1. The van der Waals surface area contributed by atoms with Crippen molar-refractivity contribution in [2.24, 2.45) is 5.92 Å². The Morgan fingerprint density at radius 3 is 2.41 bits per heavy atom. The molecule has 1 aliphatic rings. The molecule has 0 bridgehead atoms. The summed E-state index contributed by atoms with van der Waals surface area (Å²) in [6.07, 6.45) is 3.28. The molecular formula is C24H35N3O4S. The number of amides is 3. The number of nitrogens with zero attached hydrogens (tertiary/aromatic N) is 1. The molecule has 1 fully saturated rings. The van der Waals surface area contributed by atoms with Crippen LogP contribution in [-0.2, 0) is 25.6 Å². The van der Waals surface area contributed by atoms with Crippen molar-refractivity contribution in [2.75, 3.05) is 12.0 Å². The summed E-state index contributed by atoms with van der Waals surface area (Å²) < 4.78 is 0. The van der Waals surface area contributed by atoms with Gasteiger partial charge in [-0.1, -0.05) is 44.2 Å². The normalized spacial score (nSPS) is 20.2. The molecule has 0 aromatic heterocycles. The van der Waals surface area contributed by atoms with Crippen LogP contribution in [0.25, 0.3) is 0 Å². The summed E-state index contributed by atoms with van der Waals surface area (Å²) in [5.74, 6) is -0.389. The van der Waals surface area contributed by atoms with Crippen LogP contribution in [0.15, 0.2) is 30.3 Å². The van der Waals surface area contributed by atoms with E-state index in [0.717, 1.165) is 5.56 Å². The van der Waals surface area contributed by atoms with Gasteiger partial charge in [-0.05, 0) is 43.8 Å². The Labute approximate surface area is 195 Å². The van der Waals surface area contributed by atoms with E-state index in [0.29, 0.717) is 25.0 Å². The van der Waals surface area contributed by atoms with Gasteiger partial charge in [0.1, 0.15) is 12.1 Å². The molecule has 0 aliphatic carbocycles. The van der Waals surface area contributed by atoms with E-state index in [9.17, 15) is 19.2 Å². The zero-order chi connectivity index (χ0) is 23.8. The molecule has 1 saturated heterocycles. The van der Waals surface area contributed by atoms with E-state index >= 15 is 0 Å². The molecule has 8 heteroatoms. The van der Waals surface area contributed by atoms with Crippen LogP contribution in [0, 0.1) is 5.92 Å². The Morgan fingerprint density at radius 1 is 1.19 bits per heavy atom. The average Bonchev–Trinajstić information content (AvgIpc) is 3.02. The topological polar surface area (TPSA) is 95.6 Å². The van der Waals surface area contributed by atoms with Gasteiger partial charge in [-0.3, -0.25) is 19.2 Å². The maximum absolute atomic E-state index is 13.3. The average molecular weight is 462 g/mol. The Morgan fingerprint density at radius 2 is 1.84 bits per heavy atom. The predicted octanol–water partition coefficient (Wildman–Crippen LogP) is 2.19. The van der Waals surface area contributed by atoms with E-state index in [1.807, 2.05) is 57.4 Å². The highest BCUT2D eigenvalue weighted by atomic mass is 32.2. The fraction of sp³-hybridized carbons (Fsp3) is 0.583. The number of Topliss-reactive ketones (excluding diaryl/α,β-unsaturated/α-hetero) is 1. The third-order valence-electron chi connectivity index (χ3n) is 5.73. The molecular weight excluding hydrogens is 426 g/mol. The molecule has 1 aliphatic heterocycles. The van der Waals surface area contributed by atoms with Crippen LogP contribution in [0.3, 0.4) is 0 Å². The van der Waals surface area contributed by atoms with E-state index in [4.69, 9.17) is 0 Å². The molecule has 176 valence electrons. The van der Waals surface area contributed by atoms with Crippen LogP contribution >= 0.6 is 11.8 Å². The molecule has 3 amide bonds. The van der Waals surface area contributed by atoms with Crippen molar-refractivity contribution < 1.29 is 19.2 Å². The zero-order valence-corrected chi connectivity index (χ0v) is 20.4. The summed E-state index contributed by atoms with van der Waals surface area (Å²) >= 11 is 1.59. The smallest absolute Gasteiger partial charge is 0.246 e. The van der Waals surface area contributed by atoms with Gasteiger partial charge >= 0.3 is 0 Å². The van der Waals surface area contributed by atoms with E-state index in [2.05, 4.69) is 10.6 Å². The molecule has 4 atom stereocenters. The first-order chi connectivity index (χ1) is 15.1. The van der Waals surface area contributed by atoms with Gasteiger partial charge in [0.25, 0.3) is 0 Å². The molecule has 0 spiro atoms. The molecule has 1 heterocycles. The standard InChI is InChI=1S/C24H35N3O4S/c1-15(2)22(29)21(14-18-9-7-6-8-10-18)27-16(3)13-20(24(27)31)26-23(30)19(11-12-32-5)25-17(4)28/h6-10,15-16,19-21H,11-14H2,1-5H3,(H,25,28)(H,26,30)/t16?,19-,20-,21-/m0/s1. The minimum absolute atomic E-state index is 0.0112. The van der Waals surface area contributed by atoms with Crippen molar-refractivity contribution >= 4 is 35.3 Å². The van der Waals surface area contributed by atoms with Crippen molar-refractivity contribution in [3.8, 4) is 0 Å². The van der Waals surface area contributed by atoms with Gasteiger partial charge < -0.3 is 15.5 Å². The maximum Gasteiger partial charge on any atom is 0.246 e. The summed E-state index contributed by atoms with van der Waals surface area (Å²) in [5, 5.41) is 5.50. The van der Waals surface area contributed by atoms with Crippen LogP contribution in [0.1, 0.15) is 46.1 Å². The lowest BCUT2D eigenvalue weighted by Crippen LogP contribution is -2.53. The largest absolute Gasteiger partial charge is 0.345 e. The summed E-state index contributed by atoms with van der Waals surface area (Å²) in [6.45, 7) is 6.97. The number of carbonyl (C=O) groups is 4. The van der Waals surface area contributed by atoms with Crippen LogP contribution in [0.4, 0.5) is 0 Å². The van der Waals surface area contributed by atoms with Gasteiger partial charge in [0.2, 0.25) is 17.7 Å². The lowest BCUT2D eigenvalue weighted by Gasteiger charge is -2.32. The lowest BCUT2D eigenvalue weighted by atomic mass is 9.94. The number of nitrogens with one attached hydrogen (secondary N) is 2. The van der Waals surface area contributed by atoms with E-state index in [1.165, 1.54) is 6.92 Å². The highest BCUT2D eigenvalue weighted by Crippen LogP contribution is 2.26. The number of likely N-dealkylation sites (tertiary alicyclic amines) is 1. The second-order valence-corrected chi connectivity index (χ2v) is 9.67. The van der Waals surface area contributed by atoms with Gasteiger partial charge in [0, 0.05) is 18.9 Å². The van der Waals surface area contributed by atoms with Crippen molar-refractivity contribution in [3.05, 3.63) is 35.9 Å². The summed E-state index contributed by atoms with van der Waals surface area (Å²) in [7, 11) is 0. The number of thioether (sulfide) groups is 1. The van der Waals surface area contributed by atoms with Gasteiger partial charge in [0.15, 0.2) is 5.78 Å². The number of hydrogen-bond acceptors (Lipinski definition) is 5. The molecule has 1 aromatic carbocycles. The fourth-order valence-electron chi connectivity index (χ4n) is 4.11. The van der Waals surface area contributed by atoms with Crippen molar-refractivity contribution in [1.82, 2.24) is 15.5 Å². The first kappa shape index (κ1) is 25.9. The first-order valence-corrected chi connectivity index (χ1v) is 12.5. The Hall–Kier alpha value is -2.35. The van der Waals surface area contributed by atoms with Gasteiger partial charge in [-0.15, -0.1) is 0 Å². The number of carbonyl (C=O) groups excluding carboxylic acids is 4. The van der Waals surface area contributed by atoms with E-state index in [-0.39, 0.29) is 35.5 Å². The van der Waals surface area contributed by atoms with Crippen molar-refractivity contribution in [2.45, 2.75) is 71.1 Å². The van der Waals surface area contributed by atoms with Crippen LogP contribution < -0.4 is 10.6 Å². The minimum Gasteiger partial charge on any atom is -0.345 e. The Bertz CT molecular complexity index is 815. The van der Waals surface area contributed by atoms with Gasteiger partial charge in [-0.25, -0.2) is 0 Å². The molecule has 32 heavy (non-hydrogen) atoms. The number of ketones is 1. The maximum atomic E-state index is 13.3. The van der Waals surface area contributed by atoms with Crippen LogP contribution in [0.5, 0.6) is 0 Å². The Balaban J connectivity index is 2.19. The fourth-order valence-corrected chi connectivity index (χ4v) is 4.59. The van der Waals surface area contributed by atoms with Crippen molar-refractivity contribution in [3.63, 3.8) is 0 Å². The summed E-state index contributed by atoms with van der Waals surface area (Å²) in [4.78, 5) is 52.4. The van der Waals surface area contributed by atoms with Crippen molar-refractivity contribution in [1.29, 1.82) is 0 Å². The lowest BCUT2D eigenvalue weighted by molar-refractivity contribution is -0.141. The van der Waals surface area contributed by atoms with E-state index < -0.39 is 18.1 Å². The van der Waals surface area contributed by atoms with Crippen LogP contribution in [-0.4, -0.2) is 64.6 Å². The van der Waals surface area contributed by atoms with Gasteiger partial charge in [-0.2, -0.15) is 11.8 Å². The second kappa shape index (κ2) is 12.0. The number of rotatable bonds is 11. The third kappa shape index (κ3) is 6.82. The van der Waals surface area contributed by atoms with Crippen LogP contribution in [0.2, 0.25) is 0 Å². The molecule has 1 unspecified atom stereocenters. The first-order valence-electron chi connectivity index (χ1n) is 11.1. The van der Waals surface area contributed by atoms with Gasteiger partial charge in [0.05, 0.1) is 6.04 Å².